The molecule has 4 aromatic carbocycles. The molecule has 4 nitrogen and oxygen atoms in total. The molecule has 0 saturated carbocycles. The first-order valence-electron chi connectivity index (χ1n) is 17.8. The molecule has 1 unspecified atom stereocenters. The Bertz CT molecular complexity index is 1530. The largest absolute Gasteiger partial charge is 0.537 e. The molecule has 0 bridgehead atoms. The van der Waals surface area contributed by atoms with Crippen molar-refractivity contribution in [1.82, 2.24) is 0 Å². The highest BCUT2D eigenvalue weighted by Gasteiger charge is 2.53. The molecule has 0 N–H and O–H groups in total. The van der Waals surface area contributed by atoms with Gasteiger partial charge in [0.05, 0.1) is 18.4 Å². The number of ether oxygens (including phenoxy) is 1. The van der Waals surface area contributed by atoms with Crippen LogP contribution in [0.4, 0.5) is 0 Å². The van der Waals surface area contributed by atoms with E-state index >= 15 is 0 Å². The van der Waals surface area contributed by atoms with E-state index in [9.17, 15) is 4.79 Å². The van der Waals surface area contributed by atoms with Gasteiger partial charge in [0.1, 0.15) is 0 Å². The van der Waals surface area contributed by atoms with Gasteiger partial charge in [-0.3, -0.25) is 0 Å². The lowest BCUT2D eigenvalue weighted by Crippen LogP contribution is -2.67. The highest BCUT2D eigenvalue weighted by atomic mass is 28.4. The molecular weight excluding hydrogens is 637 g/mol. The zero-order valence-corrected chi connectivity index (χ0v) is 32.9. The number of esters is 1. The molecule has 6 heteroatoms. The van der Waals surface area contributed by atoms with E-state index in [-0.39, 0.29) is 22.1 Å². The Balaban J connectivity index is 1.70. The molecular formula is C43H56O4Si2. The zero-order valence-electron chi connectivity index (χ0n) is 30.9. The van der Waals surface area contributed by atoms with Crippen molar-refractivity contribution in [3.8, 4) is 0 Å². The molecule has 4 aromatic rings. The van der Waals surface area contributed by atoms with Crippen molar-refractivity contribution >= 4 is 43.4 Å². The summed E-state index contributed by atoms with van der Waals surface area (Å²) in [5, 5.41) is 4.57. The monoisotopic (exact) mass is 692 g/mol. The molecule has 260 valence electrons. The van der Waals surface area contributed by atoms with E-state index in [0.717, 1.165) is 19.3 Å². The van der Waals surface area contributed by atoms with Crippen molar-refractivity contribution in [3.05, 3.63) is 133 Å². The molecule has 0 amide bonds. The van der Waals surface area contributed by atoms with Crippen LogP contribution in [0.5, 0.6) is 0 Å². The first-order valence-corrected chi connectivity index (χ1v) is 21.7. The third-order valence-corrected chi connectivity index (χ3v) is 19.5. The summed E-state index contributed by atoms with van der Waals surface area (Å²) in [6.07, 6.45) is 4.75. The second-order valence-corrected chi connectivity index (χ2v) is 23.3. The smallest absolute Gasteiger partial charge is 0.334 e. The summed E-state index contributed by atoms with van der Waals surface area (Å²) in [6.45, 7) is 18.1. The SMILES string of the molecule is CCOC(=O)/C=C(\CCCC(CC)O[Si](c1ccccc1)(c1ccccc1)C(C)(C)C)O[Si](c1ccccc1)(c1ccccc1)C(C)(C)C. The molecule has 0 spiro atoms. The number of hydrogen-bond donors (Lipinski definition) is 0. The van der Waals surface area contributed by atoms with Gasteiger partial charge in [-0.15, -0.1) is 0 Å². The second-order valence-electron chi connectivity index (χ2n) is 14.8. The summed E-state index contributed by atoms with van der Waals surface area (Å²) in [5.41, 5.74) is 0. The van der Waals surface area contributed by atoms with Crippen molar-refractivity contribution in [2.75, 3.05) is 6.61 Å². The van der Waals surface area contributed by atoms with Crippen LogP contribution in [0.3, 0.4) is 0 Å². The maximum atomic E-state index is 13.0. The van der Waals surface area contributed by atoms with Gasteiger partial charge in [-0.05, 0) is 57.0 Å². The minimum atomic E-state index is -2.94. The van der Waals surface area contributed by atoms with Crippen molar-refractivity contribution in [2.45, 2.75) is 97.3 Å². The van der Waals surface area contributed by atoms with Gasteiger partial charge < -0.3 is 13.6 Å². The molecule has 0 saturated heterocycles. The Morgan fingerprint density at radius 2 is 1.02 bits per heavy atom. The molecule has 0 aliphatic rings. The predicted molar refractivity (Wildman–Crippen MR) is 210 cm³/mol. The van der Waals surface area contributed by atoms with E-state index in [2.05, 4.69) is 158 Å². The van der Waals surface area contributed by atoms with Gasteiger partial charge in [-0.1, -0.05) is 170 Å². The lowest BCUT2D eigenvalue weighted by Gasteiger charge is -2.45. The molecule has 49 heavy (non-hydrogen) atoms. The summed E-state index contributed by atoms with van der Waals surface area (Å²) in [5.74, 6) is 0.305. The predicted octanol–water partition coefficient (Wildman–Crippen LogP) is 8.54. The Kier molecular flexibility index (Phi) is 13.1. The number of carbonyl (C=O) groups excluding carboxylic acids is 1. The van der Waals surface area contributed by atoms with Gasteiger partial charge in [0.2, 0.25) is 0 Å². The highest BCUT2D eigenvalue weighted by Crippen LogP contribution is 2.40. The summed E-state index contributed by atoms with van der Waals surface area (Å²) in [4.78, 5) is 13.0. The number of allylic oxidation sites excluding steroid dienone is 1. The van der Waals surface area contributed by atoms with Gasteiger partial charge in [0, 0.05) is 12.5 Å². The maximum Gasteiger partial charge on any atom is 0.334 e. The fourth-order valence-electron chi connectivity index (χ4n) is 7.11. The van der Waals surface area contributed by atoms with Crippen LogP contribution in [-0.2, 0) is 18.4 Å². The minimum absolute atomic E-state index is 0.0306. The van der Waals surface area contributed by atoms with Crippen LogP contribution in [0.25, 0.3) is 0 Å². The maximum absolute atomic E-state index is 13.0. The van der Waals surface area contributed by atoms with Gasteiger partial charge >= 0.3 is 14.3 Å². The van der Waals surface area contributed by atoms with Crippen LogP contribution in [0.15, 0.2) is 133 Å². The fourth-order valence-corrected chi connectivity index (χ4v) is 16.4. The average molecular weight is 693 g/mol. The minimum Gasteiger partial charge on any atom is -0.537 e. The molecule has 4 rings (SSSR count). The molecule has 0 radical (unpaired) electrons. The van der Waals surface area contributed by atoms with Crippen LogP contribution in [-0.4, -0.2) is 35.3 Å². The van der Waals surface area contributed by atoms with Crippen LogP contribution in [0, 0.1) is 0 Å². The van der Waals surface area contributed by atoms with E-state index in [1.54, 1.807) is 6.08 Å². The Morgan fingerprint density at radius 3 is 1.37 bits per heavy atom. The normalized spacial score (nSPS) is 13.5. The first-order chi connectivity index (χ1) is 23.4. The van der Waals surface area contributed by atoms with Crippen LogP contribution in [0.1, 0.15) is 81.1 Å². The van der Waals surface area contributed by atoms with Crippen molar-refractivity contribution in [1.29, 1.82) is 0 Å². The standard InChI is InChI=1S/C43H56O4Si2/c1-9-35(46-48(42(3,4)5,37-26-15-11-16-27-37)38-28-17-12-18-29-38)24-23-25-36(34-41(44)45-10-2)47-49(43(6,7)8,39-30-19-13-20-31-39)40-32-21-14-22-33-40/h11-22,26-35H,9-10,23-25H2,1-8H3/b36-34+. The van der Waals surface area contributed by atoms with Crippen LogP contribution >= 0.6 is 0 Å². The summed E-state index contributed by atoms with van der Waals surface area (Å²) in [6, 6.07) is 42.8. The summed E-state index contributed by atoms with van der Waals surface area (Å²) < 4.78 is 20.3. The Hall–Kier alpha value is -3.72. The highest BCUT2D eigenvalue weighted by molar-refractivity contribution is 7.00. The van der Waals surface area contributed by atoms with E-state index in [4.69, 9.17) is 13.6 Å². The summed E-state index contributed by atoms with van der Waals surface area (Å²) in [7, 11) is -5.65. The van der Waals surface area contributed by atoms with E-state index in [1.165, 1.54) is 20.7 Å². The average Bonchev–Trinajstić information content (AvgIpc) is 3.09. The topological polar surface area (TPSA) is 44.8 Å². The quantitative estimate of drug-likeness (QED) is 0.0543. The molecule has 0 aromatic heterocycles. The molecule has 0 aliphatic carbocycles. The van der Waals surface area contributed by atoms with Gasteiger partial charge in [-0.25, -0.2) is 4.79 Å². The van der Waals surface area contributed by atoms with Crippen LogP contribution < -0.4 is 20.7 Å². The third kappa shape index (κ3) is 8.72. The number of rotatable bonds is 15. The van der Waals surface area contributed by atoms with E-state index in [1.807, 2.05) is 19.1 Å². The van der Waals surface area contributed by atoms with Gasteiger partial charge in [0.15, 0.2) is 0 Å². The summed E-state index contributed by atoms with van der Waals surface area (Å²) >= 11 is 0. The third-order valence-electron chi connectivity index (χ3n) is 9.43. The lowest BCUT2D eigenvalue weighted by atomic mass is 10.1. The number of benzene rings is 4. The molecule has 0 fully saturated rings. The molecule has 1 atom stereocenters. The second kappa shape index (κ2) is 16.8. The lowest BCUT2D eigenvalue weighted by molar-refractivity contribution is -0.137. The molecule has 0 heterocycles. The number of hydrogen-bond acceptors (Lipinski definition) is 4. The number of carbonyl (C=O) groups is 1. The van der Waals surface area contributed by atoms with Crippen LogP contribution in [0.2, 0.25) is 10.1 Å². The molecule has 0 aliphatic heterocycles. The van der Waals surface area contributed by atoms with Crippen molar-refractivity contribution in [2.24, 2.45) is 0 Å². The Labute approximate surface area is 297 Å². The van der Waals surface area contributed by atoms with E-state index in [0.29, 0.717) is 18.8 Å². The first kappa shape index (κ1) is 38.1. The zero-order chi connectivity index (χ0) is 35.5. The van der Waals surface area contributed by atoms with Crippen molar-refractivity contribution in [3.63, 3.8) is 0 Å². The Morgan fingerprint density at radius 1 is 0.633 bits per heavy atom. The van der Waals surface area contributed by atoms with Crippen molar-refractivity contribution < 1.29 is 18.4 Å². The van der Waals surface area contributed by atoms with Gasteiger partial charge in [-0.2, -0.15) is 0 Å². The fraction of sp³-hybridized carbons (Fsp3) is 0.372. The van der Waals surface area contributed by atoms with Gasteiger partial charge in [0.25, 0.3) is 8.32 Å². The van der Waals surface area contributed by atoms with E-state index < -0.39 is 16.6 Å².